The summed E-state index contributed by atoms with van der Waals surface area (Å²) in [7, 11) is 1.63. The molecule has 0 saturated heterocycles. The molecule has 0 aliphatic heterocycles. The molecule has 0 saturated carbocycles. The predicted octanol–water partition coefficient (Wildman–Crippen LogP) is 4.10. The summed E-state index contributed by atoms with van der Waals surface area (Å²) in [4.78, 5) is 13.4. The maximum Gasteiger partial charge on any atom is 0.179 e. The number of rotatable bonds is 3. The predicted molar refractivity (Wildman–Crippen MR) is 91.2 cm³/mol. The number of methoxy groups -OCH3 is 1. The van der Waals surface area contributed by atoms with Gasteiger partial charge in [-0.2, -0.15) is 0 Å². The fourth-order valence-corrected chi connectivity index (χ4v) is 2.59. The molecule has 0 spiro atoms. The van der Waals surface area contributed by atoms with Gasteiger partial charge >= 0.3 is 0 Å². The molecule has 3 aromatic rings. The van der Waals surface area contributed by atoms with Crippen LogP contribution >= 0.6 is 34.2 Å². The van der Waals surface area contributed by atoms with Gasteiger partial charge in [0.25, 0.3) is 0 Å². The van der Waals surface area contributed by atoms with E-state index in [1.54, 1.807) is 7.11 Å². The maximum absolute atomic E-state index is 6.18. The summed E-state index contributed by atoms with van der Waals surface area (Å²) in [6, 6.07) is 11.8. The number of pyridine rings is 1. The van der Waals surface area contributed by atoms with Crippen LogP contribution in [-0.2, 0) is 11.3 Å². The summed E-state index contributed by atoms with van der Waals surface area (Å²) in [5.41, 5.74) is 2.37. The Morgan fingerprint density at radius 2 is 1.90 bits per heavy atom. The Morgan fingerprint density at radius 3 is 2.71 bits per heavy atom. The van der Waals surface area contributed by atoms with Gasteiger partial charge < -0.3 is 4.74 Å². The third-order valence-electron chi connectivity index (χ3n) is 2.99. The van der Waals surface area contributed by atoms with Crippen LogP contribution in [0.2, 0.25) is 5.15 Å². The standard InChI is InChI=1S/C15H11ClIN3O/c1-21-8-12-13(17)14(16)20-15(19-12)11-7-6-9-4-2-3-5-10(9)18-11/h2-7H,8H2,1H3. The van der Waals surface area contributed by atoms with Crippen molar-refractivity contribution < 1.29 is 4.74 Å². The fraction of sp³-hybridized carbons (Fsp3) is 0.133. The third kappa shape index (κ3) is 3.00. The number of nitrogens with zero attached hydrogens (tertiary/aromatic N) is 3. The molecule has 0 N–H and O–H groups in total. The van der Waals surface area contributed by atoms with E-state index in [1.807, 2.05) is 36.4 Å². The Balaban J connectivity index is 2.13. The van der Waals surface area contributed by atoms with Crippen molar-refractivity contribution in [3.8, 4) is 11.5 Å². The van der Waals surface area contributed by atoms with E-state index in [2.05, 4.69) is 37.5 Å². The first-order chi connectivity index (χ1) is 10.2. The Hall–Kier alpha value is -1.31. The van der Waals surface area contributed by atoms with E-state index in [0.717, 1.165) is 20.2 Å². The number of hydrogen-bond acceptors (Lipinski definition) is 4. The summed E-state index contributed by atoms with van der Waals surface area (Å²) >= 11 is 8.30. The minimum atomic E-state index is 0.390. The molecule has 0 aliphatic rings. The van der Waals surface area contributed by atoms with Gasteiger partial charge in [0, 0.05) is 12.5 Å². The monoisotopic (exact) mass is 411 g/mol. The normalized spacial score (nSPS) is 11.0. The molecule has 0 atom stereocenters. The molecule has 0 bridgehead atoms. The highest BCUT2D eigenvalue weighted by Gasteiger charge is 2.13. The molecule has 21 heavy (non-hydrogen) atoms. The van der Waals surface area contributed by atoms with Gasteiger partial charge in [0.15, 0.2) is 5.82 Å². The molecule has 0 unspecified atom stereocenters. The van der Waals surface area contributed by atoms with Crippen molar-refractivity contribution in [3.63, 3.8) is 0 Å². The average Bonchev–Trinajstić information content (AvgIpc) is 2.51. The first kappa shape index (κ1) is 14.6. The molecule has 0 aliphatic carbocycles. The van der Waals surface area contributed by atoms with Crippen LogP contribution in [0, 0.1) is 3.57 Å². The van der Waals surface area contributed by atoms with Crippen molar-refractivity contribution in [2.75, 3.05) is 7.11 Å². The number of para-hydroxylation sites is 1. The van der Waals surface area contributed by atoms with E-state index in [4.69, 9.17) is 16.3 Å². The summed E-state index contributed by atoms with van der Waals surface area (Å²) in [5.74, 6) is 0.512. The highest BCUT2D eigenvalue weighted by molar-refractivity contribution is 14.1. The Labute approximate surface area is 140 Å². The fourth-order valence-electron chi connectivity index (χ4n) is 2.00. The van der Waals surface area contributed by atoms with Crippen molar-refractivity contribution in [2.45, 2.75) is 6.61 Å². The van der Waals surface area contributed by atoms with Crippen LogP contribution in [0.1, 0.15) is 5.69 Å². The average molecular weight is 412 g/mol. The van der Waals surface area contributed by atoms with Gasteiger partial charge in [-0.1, -0.05) is 35.9 Å². The van der Waals surface area contributed by atoms with E-state index in [1.165, 1.54) is 0 Å². The van der Waals surface area contributed by atoms with Gasteiger partial charge in [-0.25, -0.2) is 15.0 Å². The maximum atomic E-state index is 6.18. The number of ether oxygens (including phenoxy) is 1. The number of halogens is 2. The molecule has 2 heterocycles. The van der Waals surface area contributed by atoms with E-state index in [-0.39, 0.29) is 0 Å². The number of aromatic nitrogens is 3. The van der Waals surface area contributed by atoms with Gasteiger partial charge in [0.05, 0.1) is 21.4 Å². The molecule has 4 nitrogen and oxygen atoms in total. The van der Waals surface area contributed by atoms with Gasteiger partial charge in [-0.3, -0.25) is 0 Å². The second-order valence-corrected chi connectivity index (χ2v) is 5.86. The second-order valence-electron chi connectivity index (χ2n) is 4.42. The zero-order valence-electron chi connectivity index (χ0n) is 11.2. The zero-order valence-corrected chi connectivity index (χ0v) is 14.1. The Morgan fingerprint density at radius 1 is 1.10 bits per heavy atom. The lowest BCUT2D eigenvalue weighted by atomic mass is 10.2. The van der Waals surface area contributed by atoms with Crippen molar-refractivity contribution in [2.24, 2.45) is 0 Å². The lowest BCUT2D eigenvalue weighted by molar-refractivity contribution is 0.181. The summed E-state index contributed by atoms with van der Waals surface area (Å²) in [5, 5.41) is 1.50. The van der Waals surface area contributed by atoms with Crippen LogP contribution < -0.4 is 0 Å². The molecular formula is C15H11ClIN3O. The van der Waals surface area contributed by atoms with Gasteiger partial charge in [0.2, 0.25) is 0 Å². The smallest absolute Gasteiger partial charge is 0.179 e. The topological polar surface area (TPSA) is 47.9 Å². The van der Waals surface area contributed by atoms with Crippen LogP contribution in [-0.4, -0.2) is 22.1 Å². The van der Waals surface area contributed by atoms with E-state index < -0.39 is 0 Å². The molecule has 106 valence electrons. The number of benzene rings is 1. The molecule has 0 radical (unpaired) electrons. The first-order valence-corrected chi connectivity index (χ1v) is 7.71. The van der Waals surface area contributed by atoms with Crippen molar-refractivity contribution in [3.05, 3.63) is 50.8 Å². The SMILES string of the molecule is COCc1nc(-c2ccc3ccccc3n2)nc(Cl)c1I. The van der Waals surface area contributed by atoms with E-state index in [0.29, 0.717) is 23.3 Å². The van der Waals surface area contributed by atoms with Gasteiger partial charge in [-0.05, 0) is 34.7 Å². The highest BCUT2D eigenvalue weighted by atomic mass is 127. The largest absolute Gasteiger partial charge is 0.378 e. The van der Waals surface area contributed by atoms with Crippen LogP contribution in [0.5, 0.6) is 0 Å². The van der Waals surface area contributed by atoms with E-state index in [9.17, 15) is 0 Å². The molecule has 2 aromatic heterocycles. The molecular weight excluding hydrogens is 401 g/mol. The second kappa shape index (κ2) is 6.21. The summed E-state index contributed by atoms with van der Waals surface area (Å²) in [6.45, 7) is 0.390. The van der Waals surface area contributed by atoms with Crippen molar-refractivity contribution in [1.82, 2.24) is 15.0 Å². The quantitative estimate of drug-likeness (QED) is 0.481. The molecule has 6 heteroatoms. The Bertz CT molecular complexity index is 810. The zero-order chi connectivity index (χ0) is 14.8. The van der Waals surface area contributed by atoms with E-state index >= 15 is 0 Å². The first-order valence-electron chi connectivity index (χ1n) is 6.26. The number of fused-ring (bicyclic) bond motifs is 1. The molecule has 3 rings (SSSR count). The highest BCUT2D eigenvalue weighted by Crippen LogP contribution is 2.24. The lowest BCUT2D eigenvalue weighted by Gasteiger charge is -2.08. The lowest BCUT2D eigenvalue weighted by Crippen LogP contribution is -2.02. The summed E-state index contributed by atoms with van der Waals surface area (Å²) in [6.07, 6.45) is 0. The summed E-state index contributed by atoms with van der Waals surface area (Å²) < 4.78 is 5.96. The van der Waals surface area contributed by atoms with Crippen LogP contribution in [0.25, 0.3) is 22.4 Å². The van der Waals surface area contributed by atoms with Crippen molar-refractivity contribution in [1.29, 1.82) is 0 Å². The van der Waals surface area contributed by atoms with Crippen LogP contribution in [0.4, 0.5) is 0 Å². The molecule has 0 fully saturated rings. The molecule has 1 aromatic carbocycles. The number of hydrogen-bond donors (Lipinski definition) is 0. The minimum Gasteiger partial charge on any atom is -0.378 e. The Kier molecular flexibility index (Phi) is 4.32. The minimum absolute atomic E-state index is 0.390. The van der Waals surface area contributed by atoms with Crippen LogP contribution in [0.15, 0.2) is 36.4 Å². The molecule has 0 amide bonds. The van der Waals surface area contributed by atoms with Gasteiger partial charge in [0.1, 0.15) is 10.8 Å². The van der Waals surface area contributed by atoms with Crippen LogP contribution in [0.3, 0.4) is 0 Å². The van der Waals surface area contributed by atoms with Crippen molar-refractivity contribution >= 4 is 45.1 Å². The third-order valence-corrected chi connectivity index (χ3v) is 4.71. The van der Waals surface area contributed by atoms with Gasteiger partial charge in [-0.15, -0.1) is 0 Å².